The lowest BCUT2D eigenvalue weighted by atomic mass is 10.3. The molecule has 0 radical (unpaired) electrons. The van der Waals surface area contributed by atoms with E-state index in [1.165, 1.54) is 11.8 Å². The number of ether oxygens (including phenoxy) is 1. The highest BCUT2D eigenvalue weighted by Gasteiger charge is 2.13. The Bertz CT molecular complexity index is 531. The monoisotopic (exact) mass is 303 g/mol. The van der Waals surface area contributed by atoms with E-state index >= 15 is 0 Å². The van der Waals surface area contributed by atoms with Gasteiger partial charge in [-0.15, -0.1) is 11.8 Å². The van der Waals surface area contributed by atoms with Crippen LogP contribution < -0.4 is 4.74 Å². The molecule has 110 valence electrons. The molecule has 0 unspecified atom stereocenters. The fourth-order valence-electron chi connectivity index (χ4n) is 1.66. The fraction of sp³-hybridized carbons (Fsp3) is 0.400. The molecule has 0 heterocycles. The molecule has 6 heteroatoms. The maximum Gasteiger partial charge on any atom is 0.232 e. The largest absolute Gasteiger partial charge is 0.497 e. The van der Waals surface area contributed by atoms with Crippen LogP contribution in [0.25, 0.3) is 0 Å². The fourth-order valence-corrected chi connectivity index (χ4v) is 2.51. The second kappa shape index (κ2) is 9.68. The number of hydrogen-bond acceptors (Lipinski definition) is 5. The first-order valence-electron chi connectivity index (χ1n) is 6.49. The zero-order valence-electron chi connectivity index (χ0n) is 11.9. The Morgan fingerprint density at radius 1 is 1.29 bits per heavy atom. The topological polar surface area (TPSA) is 77.1 Å². The number of carbonyl (C=O) groups excluding carboxylic acids is 1. The Morgan fingerprint density at radius 3 is 2.52 bits per heavy atom. The van der Waals surface area contributed by atoms with E-state index in [0.717, 1.165) is 10.6 Å². The molecule has 0 aromatic heterocycles. The van der Waals surface area contributed by atoms with Gasteiger partial charge in [0.05, 0.1) is 37.8 Å². The Morgan fingerprint density at radius 2 is 1.95 bits per heavy atom. The molecule has 0 fully saturated rings. The van der Waals surface area contributed by atoms with Crippen molar-refractivity contribution >= 4 is 17.7 Å². The van der Waals surface area contributed by atoms with Gasteiger partial charge in [0.15, 0.2) is 0 Å². The summed E-state index contributed by atoms with van der Waals surface area (Å²) >= 11 is 1.42. The van der Waals surface area contributed by atoms with Gasteiger partial charge in [0.2, 0.25) is 5.91 Å². The minimum absolute atomic E-state index is 0.0617. The van der Waals surface area contributed by atoms with Crippen LogP contribution in [0, 0.1) is 22.7 Å². The van der Waals surface area contributed by atoms with Crippen molar-refractivity contribution < 1.29 is 9.53 Å². The first kappa shape index (κ1) is 16.9. The number of carbonyl (C=O) groups is 1. The van der Waals surface area contributed by atoms with Gasteiger partial charge in [-0.25, -0.2) is 0 Å². The lowest BCUT2D eigenvalue weighted by Crippen LogP contribution is -2.34. The number of benzene rings is 1. The summed E-state index contributed by atoms with van der Waals surface area (Å²) in [6.45, 7) is 0.741. The van der Waals surface area contributed by atoms with E-state index in [2.05, 4.69) is 0 Å². The first-order valence-corrected chi connectivity index (χ1v) is 7.48. The Balaban J connectivity index is 2.55. The molecule has 21 heavy (non-hydrogen) atoms. The lowest BCUT2D eigenvalue weighted by Gasteiger charge is -2.20. The molecule has 5 nitrogen and oxygen atoms in total. The zero-order chi connectivity index (χ0) is 15.5. The van der Waals surface area contributed by atoms with Crippen LogP contribution in [-0.2, 0) is 4.79 Å². The number of methoxy groups -OCH3 is 1. The van der Waals surface area contributed by atoms with E-state index in [1.807, 2.05) is 36.4 Å². The van der Waals surface area contributed by atoms with Crippen LogP contribution in [-0.4, -0.2) is 36.8 Å². The molecule has 0 bridgehead atoms. The highest BCUT2D eigenvalue weighted by Crippen LogP contribution is 2.23. The second-order valence-corrected chi connectivity index (χ2v) is 5.21. The third kappa shape index (κ3) is 6.20. The van der Waals surface area contributed by atoms with Gasteiger partial charge in [-0.2, -0.15) is 10.5 Å². The summed E-state index contributed by atoms with van der Waals surface area (Å²) in [5, 5.41) is 17.2. The van der Waals surface area contributed by atoms with Crippen LogP contribution in [0.2, 0.25) is 0 Å². The van der Waals surface area contributed by atoms with Gasteiger partial charge in [-0.1, -0.05) is 6.07 Å². The summed E-state index contributed by atoms with van der Waals surface area (Å²) in [5.74, 6) is 0.968. The average molecular weight is 303 g/mol. The van der Waals surface area contributed by atoms with E-state index in [1.54, 1.807) is 12.0 Å². The van der Waals surface area contributed by atoms with E-state index in [4.69, 9.17) is 15.3 Å². The van der Waals surface area contributed by atoms with Crippen molar-refractivity contribution in [2.24, 2.45) is 0 Å². The molecule has 1 aromatic rings. The maximum atomic E-state index is 12.1. The molecule has 0 atom stereocenters. The molecule has 0 aliphatic rings. The molecule has 1 rings (SSSR count). The van der Waals surface area contributed by atoms with E-state index in [0.29, 0.717) is 13.1 Å². The molecular weight excluding hydrogens is 286 g/mol. The smallest absolute Gasteiger partial charge is 0.232 e. The summed E-state index contributed by atoms with van der Waals surface area (Å²) in [6, 6.07) is 11.5. The van der Waals surface area contributed by atoms with Gasteiger partial charge in [0, 0.05) is 18.0 Å². The van der Waals surface area contributed by atoms with Gasteiger partial charge in [0.1, 0.15) is 5.75 Å². The molecule has 0 N–H and O–H groups in total. The predicted molar refractivity (Wildman–Crippen MR) is 80.8 cm³/mol. The highest BCUT2D eigenvalue weighted by molar-refractivity contribution is 8.00. The third-order valence-corrected chi connectivity index (χ3v) is 3.72. The summed E-state index contributed by atoms with van der Waals surface area (Å²) in [7, 11) is 1.60. The number of amides is 1. The van der Waals surface area contributed by atoms with Crippen LogP contribution in [0.3, 0.4) is 0 Å². The number of hydrogen-bond donors (Lipinski definition) is 0. The van der Waals surface area contributed by atoms with Crippen LogP contribution in [0.5, 0.6) is 5.75 Å². The van der Waals surface area contributed by atoms with Crippen LogP contribution in [0.4, 0.5) is 0 Å². The predicted octanol–water partition coefficient (Wildman–Crippen LogP) is 2.44. The van der Waals surface area contributed by atoms with Crippen molar-refractivity contribution in [1.82, 2.24) is 4.90 Å². The molecule has 0 saturated carbocycles. The van der Waals surface area contributed by atoms with Gasteiger partial charge in [-0.05, 0) is 18.2 Å². The van der Waals surface area contributed by atoms with Crippen molar-refractivity contribution in [3.63, 3.8) is 0 Å². The highest BCUT2D eigenvalue weighted by atomic mass is 32.2. The quantitative estimate of drug-likeness (QED) is 0.689. The van der Waals surface area contributed by atoms with Crippen LogP contribution in [0.1, 0.15) is 12.8 Å². The van der Waals surface area contributed by atoms with Crippen LogP contribution >= 0.6 is 11.8 Å². The third-order valence-electron chi connectivity index (χ3n) is 2.74. The summed E-state index contributed by atoms with van der Waals surface area (Å²) in [5.41, 5.74) is 0. The Hall–Kier alpha value is -2.18. The summed E-state index contributed by atoms with van der Waals surface area (Å²) in [4.78, 5) is 14.7. The minimum Gasteiger partial charge on any atom is -0.497 e. The average Bonchev–Trinajstić information content (AvgIpc) is 2.53. The van der Waals surface area contributed by atoms with Crippen LogP contribution in [0.15, 0.2) is 29.2 Å². The number of nitriles is 2. The van der Waals surface area contributed by atoms with Crippen molar-refractivity contribution in [3.05, 3.63) is 24.3 Å². The molecular formula is C15H17N3O2S. The van der Waals surface area contributed by atoms with Crippen molar-refractivity contribution in [2.75, 3.05) is 26.0 Å². The number of thioether (sulfide) groups is 1. The molecule has 0 saturated heterocycles. The van der Waals surface area contributed by atoms with Crippen molar-refractivity contribution in [3.8, 4) is 17.9 Å². The first-order chi connectivity index (χ1) is 10.2. The van der Waals surface area contributed by atoms with Gasteiger partial charge < -0.3 is 9.64 Å². The van der Waals surface area contributed by atoms with E-state index < -0.39 is 0 Å². The van der Waals surface area contributed by atoms with Crippen molar-refractivity contribution in [2.45, 2.75) is 17.7 Å². The van der Waals surface area contributed by atoms with E-state index in [9.17, 15) is 4.79 Å². The standard InChI is InChI=1S/C15H17N3O2S/c1-20-13-5-2-6-14(11-13)21-12-15(19)18(9-3-7-16)10-4-8-17/h2,5-6,11H,3-4,9-10,12H2,1H3. The maximum absolute atomic E-state index is 12.1. The Kier molecular flexibility index (Phi) is 7.78. The van der Waals surface area contributed by atoms with Gasteiger partial charge >= 0.3 is 0 Å². The molecule has 1 amide bonds. The number of nitrogens with zero attached hydrogens (tertiary/aromatic N) is 3. The molecule has 1 aromatic carbocycles. The minimum atomic E-state index is -0.0617. The van der Waals surface area contributed by atoms with Gasteiger partial charge in [-0.3, -0.25) is 4.79 Å². The van der Waals surface area contributed by atoms with E-state index in [-0.39, 0.29) is 24.5 Å². The summed E-state index contributed by atoms with van der Waals surface area (Å²) < 4.78 is 5.13. The molecule has 0 aliphatic heterocycles. The van der Waals surface area contributed by atoms with Crippen molar-refractivity contribution in [1.29, 1.82) is 10.5 Å². The number of rotatable bonds is 8. The Labute approximate surface area is 129 Å². The lowest BCUT2D eigenvalue weighted by molar-refractivity contribution is -0.128. The molecule has 0 spiro atoms. The summed E-state index contributed by atoms with van der Waals surface area (Å²) in [6.07, 6.45) is 0.558. The molecule has 0 aliphatic carbocycles. The SMILES string of the molecule is COc1cccc(SCC(=O)N(CCC#N)CCC#N)c1. The normalized spacial score (nSPS) is 9.48. The van der Waals surface area contributed by atoms with Gasteiger partial charge in [0.25, 0.3) is 0 Å². The second-order valence-electron chi connectivity index (χ2n) is 4.16. The zero-order valence-corrected chi connectivity index (χ0v) is 12.7.